The lowest BCUT2D eigenvalue weighted by atomic mass is 10.1. The van der Waals surface area contributed by atoms with Crippen LogP contribution in [-0.4, -0.2) is 49.0 Å². The average Bonchev–Trinajstić information content (AvgIpc) is 2.68. The van der Waals surface area contributed by atoms with Crippen LogP contribution in [0.15, 0.2) is 48.5 Å². The van der Waals surface area contributed by atoms with Crippen molar-refractivity contribution in [2.75, 3.05) is 33.3 Å². The summed E-state index contributed by atoms with van der Waals surface area (Å²) in [6, 6.07) is 15.9. The molecular weight excluding hydrogens is 348 g/mol. The van der Waals surface area contributed by atoms with E-state index >= 15 is 0 Å². The molecular formula is C21H25ClN2O2. The lowest BCUT2D eigenvalue weighted by molar-refractivity contribution is -0.133. The third kappa shape index (κ3) is 4.99. The van der Waals surface area contributed by atoms with Crippen molar-refractivity contribution in [3.05, 3.63) is 64.7 Å². The molecule has 0 aromatic heterocycles. The fourth-order valence-electron chi connectivity index (χ4n) is 3.31. The number of amides is 1. The highest BCUT2D eigenvalue weighted by molar-refractivity contribution is 6.30. The van der Waals surface area contributed by atoms with Crippen molar-refractivity contribution in [2.24, 2.45) is 0 Å². The molecule has 0 spiro atoms. The summed E-state index contributed by atoms with van der Waals surface area (Å²) in [7, 11) is 1.67. The quantitative estimate of drug-likeness (QED) is 0.776. The number of hydrogen-bond donors (Lipinski definition) is 0. The number of hydrogen-bond acceptors (Lipinski definition) is 3. The highest BCUT2D eigenvalue weighted by Gasteiger charge is 2.21. The van der Waals surface area contributed by atoms with Gasteiger partial charge in [0.25, 0.3) is 0 Å². The first-order valence-corrected chi connectivity index (χ1v) is 9.40. The van der Waals surface area contributed by atoms with Gasteiger partial charge in [0.15, 0.2) is 0 Å². The molecule has 1 aliphatic rings. The summed E-state index contributed by atoms with van der Waals surface area (Å²) < 4.78 is 5.36. The number of methoxy groups -OCH3 is 1. The Bertz CT molecular complexity index is 725. The van der Waals surface area contributed by atoms with Crippen molar-refractivity contribution in [2.45, 2.75) is 19.4 Å². The van der Waals surface area contributed by atoms with Crippen LogP contribution >= 0.6 is 11.6 Å². The van der Waals surface area contributed by atoms with Crippen LogP contribution in [-0.2, 0) is 17.8 Å². The van der Waals surface area contributed by atoms with Gasteiger partial charge < -0.3 is 9.64 Å². The van der Waals surface area contributed by atoms with E-state index in [1.165, 1.54) is 5.56 Å². The Morgan fingerprint density at radius 2 is 1.73 bits per heavy atom. The third-order valence-corrected chi connectivity index (χ3v) is 5.10. The molecule has 2 aromatic carbocycles. The predicted octanol–water partition coefficient (Wildman–Crippen LogP) is 3.63. The minimum absolute atomic E-state index is 0.224. The second-order valence-electron chi connectivity index (χ2n) is 6.60. The van der Waals surface area contributed by atoms with Crippen LogP contribution in [0.5, 0.6) is 5.75 Å². The van der Waals surface area contributed by atoms with Crippen molar-refractivity contribution < 1.29 is 9.53 Å². The summed E-state index contributed by atoms with van der Waals surface area (Å²) in [5.41, 5.74) is 2.34. The van der Waals surface area contributed by atoms with E-state index in [4.69, 9.17) is 16.3 Å². The topological polar surface area (TPSA) is 32.8 Å². The molecule has 3 rings (SSSR count). The fraction of sp³-hybridized carbons (Fsp3) is 0.381. The summed E-state index contributed by atoms with van der Waals surface area (Å²) in [6.07, 6.45) is 1.24. The summed E-state index contributed by atoms with van der Waals surface area (Å²) in [5.74, 6) is 1.08. The van der Waals surface area contributed by atoms with Crippen molar-refractivity contribution in [3.63, 3.8) is 0 Å². The van der Waals surface area contributed by atoms with Crippen LogP contribution in [0, 0.1) is 0 Å². The third-order valence-electron chi connectivity index (χ3n) is 4.85. The molecule has 1 amide bonds. The lowest BCUT2D eigenvalue weighted by Gasteiger charge is -2.35. The second kappa shape index (κ2) is 9.06. The first-order valence-electron chi connectivity index (χ1n) is 9.02. The zero-order valence-electron chi connectivity index (χ0n) is 15.2. The Balaban J connectivity index is 1.45. The monoisotopic (exact) mass is 372 g/mol. The lowest BCUT2D eigenvalue weighted by Crippen LogP contribution is -2.48. The summed E-state index contributed by atoms with van der Waals surface area (Å²) in [6.45, 7) is 4.29. The Kier molecular flexibility index (Phi) is 6.53. The van der Waals surface area contributed by atoms with Crippen LogP contribution in [0.1, 0.15) is 17.5 Å². The predicted molar refractivity (Wildman–Crippen MR) is 105 cm³/mol. The maximum absolute atomic E-state index is 12.5. The zero-order chi connectivity index (χ0) is 18.4. The van der Waals surface area contributed by atoms with E-state index in [1.54, 1.807) is 7.11 Å². The molecule has 0 bridgehead atoms. The molecule has 0 N–H and O–H groups in total. The summed E-state index contributed by atoms with van der Waals surface area (Å²) >= 11 is 5.94. The van der Waals surface area contributed by atoms with Gasteiger partial charge in [0.05, 0.1) is 7.11 Å². The smallest absolute Gasteiger partial charge is 0.222 e. The Morgan fingerprint density at radius 3 is 2.42 bits per heavy atom. The minimum Gasteiger partial charge on any atom is -0.496 e. The zero-order valence-corrected chi connectivity index (χ0v) is 15.9. The Hall–Kier alpha value is -2.04. The van der Waals surface area contributed by atoms with Crippen LogP contribution in [0.3, 0.4) is 0 Å². The maximum atomic E-state index is 12.5. The number of piperazine rings is 1. The van der Waals surface area contributed by atoms with E-state index in [9.17, 15) is 4.79 Å². The van der Waals surface area contributed by atoms with Gasteiger partial charge in [-0.3, -0.25) is 9.69 Å². The molecule has 1 saturated heterocycles. The fourth-order valence-corrected chi connectivity index (χ4v) is 3.44. The molecule has 1 aliphatic heterocycles. The van der Waals surface area contributed by atoms with Gasteiger partial charge in [0.1, 0.15) is 5.75 Å². The SMILES string of the molecule is COc1ccccc1CCC(=O)N1CCN(Cc2ccc(Cl)cc2)CC1. The van der Waals surface area contributed by atoms with Gasteiger partial charge in [-0.2, -0.15) is 0 Å². The van der Waals surface area contributed by atoms with Gasteiger partial charge in [-0.1, -0.05) is 41.9 Å². The van der Waals surface area contributed by atoms with Crippen LogP contribution in [0.2, 0.25) is 5.02 Å². The molecule has 1 fully saturated rings. The number of ether oxygens (including phenoxy) is 1. The summed E-state index contributed by atoms with van der Waals surface area (Å²) in [4.78, 5) is 16.9. The van der Waals surface area contributed by atoms with E-state index < -0.39 is 0 Å². The number of halogens is 1. The number of nitrogens with zero attached hydrogens (tertiary/aromatic N) is 2. The minimum atomic E-state index is 0.224. The molecule has 2 aromatic rings. The van der Waals surface area contributed by atoms with E-state index in [2.05, 4.69) is 17.0 Å². The van der Waals surface area contributed by atoms with E-state index in [0.717, 1.165) is 49.1 Å². The number of benzene rings is 2. The van der Waals surface area contributed by atoms with Gasteiger partial charge in [0.2, 0.25) is 5.91 Å². The molecule has 5 heteroatoms. The normalized spacial score (nSPS) is 15.1. The first kappa shape index (κ1) is 18.7. The molecule has 0 saturated carbocycles. The molecule has 0 atom stereocenters. The van der Waals surface area contributed by atoms with E-state index in [1.807, 2.05) is 41.3 Å². The summed E-state index contributed by atoms with van der Waals surface area (Å²) in [5, 5.41) is 0.763. The largest absolute Gasteiger partial charge is 0.496 e. The van der Waals surface area contributed by atoms with Crippen LogP contribution in [0.4, 0.5) is 0 Å². The molecule has 0 aliphatic carbocycles. The van der Waals surface area contributed by atoms with E-state index in [0.29, 0.717) is 12.8 Å². The molecule has 26 heavy (non-hydrogen) atoms. The molecule has 0 radical (unpaired) electrons. The Labute approximate surface area is 160 Å². The Morgan fingerprint density at radius 1 is 1.04 bits per heavy atom. The van der Waals surface area contributed by atoms with Crippen molar-refractivity contribution >= 4 is 17.5 Å². The van der Waals surface area contributed by atoms with Crippen molar-refractivity contribution in [3.8, 4) is 5.75 Å². The number of carbonyl (C=O) groups is 1. The molecule has 138 valence electrons. The van der Waals surface area contributed by atoms with Crippen LogP contribution in [0.25, 0.3) is 0 Å². The van der Waals surface area contributed by atoms with Gasteiger partial charge in [-0.15, -0.1) is 0 Å². The highest BCUT2D eigenvalue weighted by atomic mass is 35.5. The molecule has 1 heterocycles. The van der Waals surface area contributed by atoms with Gasteiger partial charge in [-0.05, 0) is 35.7 Å². The standard InChI is InChI=1S/C21H25ClN2O2/c1-26-20-5-3-2-4-18(20)8-11-21(25)24-14-12-23(13-15-24)16-17-6-9-19(22)10-7-17/h2-7,9-10H,8,11-16H2,1H3. The molecule has 0 unspecified atom stereocenters. The number of aryl methyl sites for hydroxylation is 1. The van der Waals surface area contributed by atoms with Crippen molar-refractivity contribution in [1.29, 1.82) is 0 Å². The van der Waals surface area contributed by atoms with Crippen molar-refractivity contribution in [1.82, 2.24) is 9.80 Å². The second-order valence-corrected chi connectivity index (χ2v) is 7.03. The highest BCUT2D eigenvalue weighted by Crippen LogP contribution is 2.19. The molecule has 4 nitrogen and oxygen atoms in total. The number of para-hydroxylation sites is 1. The van der Waals surface area contributed by atoms with Gasteiger partial charge in [0, 0.05) is 44.2 Å². The number of rotatable bonds is 6. The van der Waals surface area contributed by atoms with Gasteiger partial charge in [-0.25, -0.2) is 0 Å². The number of carbonyl (C=O) groups excluding carboxylic acids is 1. The van der Waals surface area contributed by atoms with Crippen LogP contribution < -0.4 is 4.74 Å². The van der Waals surface area contributed by atoms with Gasteiger partial charge >= 0.3 is 0 Å². The first-order chi connectivity index (χ1) is 12.7. The maximum Gasteiger partial charge on any atom is 0.222 e. The van der Waals surface area contributed by atoms with E-state index in [-0.39, 0.29) is 5.91 Å². The average molecular weight is 373 g/mol.